The predicted octanol–water partition coefficient (Wildman–Crippen LogP) is 12.6. The Morgan fingerprint density at radius 2 is 0.905 bits per heavy atom. The molecular weight excluding hydrogens is 791 g/mol. The maximum absolute atomic E-state index is 13.0. The molecule has 1 aliphatic rings. The average Bonchev–Trinajstić information content (AvgIpc) is 3.28. The Morgan fingerprint density at radius 3 is 1.33 bits per heavy atom. The first-order valence-corrected chi connectivity index (χ1v) is 27.1. The summed E-state index contributed by atoms with van der Waals surface area (Å²) in [5, 5.41) is 54.3. The molecule has 9 heteroatoms. The Kier molecular flexibility index (Phi) is 42.2. The Morgan fingerprint density at radius 1 is 0.524 bits per heavy atom. The van der Waals surface area contributed by atoms with Crippen molar-refractivity contribution in [3.05, 3.63) is 24.3 Å². The molecule has 0 aromatic heterocycles. The number of rotatable bonds is 46. The second-order valence-electron chi connectivity index (χ2n) is 19.0. The molecule has 0 aromatic carbocycles. The number of allylic oxidation sites excluding steroid dienone is 3. The number of carbonyl (C=O) groups is 1. The molecule has 6 N–H and O–H groups in total. The fourth-order valence-corrected chi connectivity index (χ4v) is 8.70. The number of carbonyl (C=O) groups excluding carboxylic acids is 1. The van der Waals surface area contributed by atoms with Crippen LogP contribution >= 0.6 is 0 Å². The fourth-order valence-electron chi connectivity index (χ4n) is 8.70. The quantitative estimate of drug-likeness (QED) is 0.0261. The molecule has 1 amide bonds. The number of aliphatic hydroxyl groups is 5. The van der Waals surface area contributed by atoms with E-state index in [1.807, 2.05) is 6.08 Å². The highest BCUT2D eigenvalue weighted by Crippen LogP contribution is 2.23. The van der Waals surface area contributed by atoms with Crippen molar-refractivity contribution in [3.63, 3.8) is 0 Å². The molecule has 1 fully saturated rings. The third-order valence-corrected chi connectivity index (χ3v) is 13.0. The second kappa shape index (κ2) is 44.5. The molecule has 7 unspecified atom stereocenters. The van der Waals surface area contributed by atoms with Crippen LogP contribution in [0.1, 0.15) is 258 Å². The van der Waals surface area contributed by atoms with Crippen molar-refractivity contribution >= 4 is 5.91 Å². The Hall–Kier alpha value is -1.33. The van der Waals surface area contributed by atoms with Gasteiger partial charge in [-0.15, -0.1) is 0 Å². The summed E-state index contributed by atoms with van der Waals surface area (Å²) >= 11 is 0. The van der Waals surface area contributed by atoms with E-state index in [4.69, 9.17) is 9.47 Å². The standard InChI is InChI=1S/C54H103NO8/c1-3-5-7-9-11-13-15-17-19-20-21-22-23-24-25-26-27-28-29-30-31-33-35-37-39-41-43-48(57)47(46-62-54-53(61)52(60)51(59)49(45-56)63-54)55-50(58)44-42-40-38-36-34-32-18-16-14-12-10-8-6-4-2/h33,35,41,43,47-49,51-54,56-57,59-61H,3-32,34,36-40,42,44-46H2,1-2H3,(H,55,58)/b35-33+,43-41+. The van der Waals surface area contributed by atoms with Crippen molar-refractivity contribution in [2.24, 2.45) is 0 Å². The molecule has 372 valence electrons. The first-order chi connectivity index (χ1) is 30.8. The van der Waals surface area contributed by atoms with E-state index in [1.54, 1.807) is 6.08 Å². The highest BCUT2D eigenvalue weighted by atomic mass is 16.7. The largest absolute Gasteiger partial charge is 0.394 e. The van der Waals surface area contributed by atoms with Gasteiger partial charge in [-0.1, -0.05) is 244 Å². The number of unbranched alkanes of at least 4 members (excludes halogenated alkanes) is 34. The first kappa shape index (κ1) is 59.7. The lowest BCUT2D eigenvalue weighted by Crippen LogP contribution is -2.60. The van der Waals surface area contributed by atoms with Gasteiger partial charge in [-0.05, 0) is 32.1 Å². The van der Waals surface area contributed by atoms with Gasteiger partial charge in [-0.25, -0.2) is 0 Å². The van der Waals surface area contributed by atoms with Crippen LogP contribution in [0.2, 0.25) is 0 Å². The minimum atomic E-state index is -1.57. The van der Waals surface area contributed by atoms with Crippen molar-refractivity contribution in [1.29, 1.82) is 0 Å². The number of hydrogen-bond acceptors (Lipinski definition) is 8. The van der Waals surface area contributed by atoms with Crippen LogP contribution in [-0.4, -0.2) is 87.5 Å². The predicted molar refractivity (Wildman–Crippen MR) is 263 cm³/mol. The number of ether oxygens (including phenoxy) is 2. The average molecular weight is 894 g/mol. The SMILES string of the molecule is CCCCCCCCCCCCCCCCCCCCCC/C=C/CC/C=C/C(O)C(COC1OC(CO)C(O)C(O)C1O)NC(=O)CCCCCCCCCCCCCCCC. The van der Waals surface area contributed by atoms with E-state index in [2.05, 4.69) is 31.3 Å². The minimum absolute atomic E-state index is 0.184. The molecule has 9 nitrogen and oxygen atoms in total. The molecule has 1 saturated heterocycles. The van der Waals surface area contributed by atoms with Crippen LogP contribution in [0.4, 0.5) is 0 Å². The normalized spacial score (nSPS) is 20.3. The number of aliphatic hydroxyl groups excluding tert-OH is 5. The van der Waals surface area contributed by atoms with Crippen molar-refractivity contribution in [2.75, 3.05) is 13.2 Å². The van der Waals surface area contributed by atoms with Gasteiger partial charge in [-0.3, -0.25) is 4.79 Å². The van der Waals surface area contributed by atoms with Gasteiger partial charge in [0.25, 0.3) is 0 Å². The molecule has 0 bridgehead atoms. The van der Waals surface area contributed by atoms with Gasteiger partial charge < -0.3 is 40.3 Å². The van der Waals surface area contributed by atoms with Crippen molar-refractivity contribution in [2.45, 2.75) is 301 Å². The molecular formula is C54H103NO8. The molecule has 1 rings (SSSR count). The fraction of sp³-hybridized carbons (Fsp3) is 0.907. The van der Waals surface area contributed by atoms with E-state index >= 15 is 0 Å². The van der Waals surface area contributed by atoms with Gasteiger partial charge in [0.15, 0.2) is 6.29 Å². The molecule has 0 radical (unpaired) electrons. The highest BCUT2D eigenvalue weighted by Gasteiger charge is 2.44. The van der Waals surface area contributed by atoms with E-state index in [9.17, 15) is 30.3 Å². The van der Waals surface area contributed by atoms with E-state index in [0.29, 0.717) is 6.42 Å². The second-order valence-corrected chi connectivity index (χ2v) is 19.0. The molecule has 0 spiro atoms. The van der Waals surface area contributed by atoms with Crippen molar-refractivity contribution in [3.8, 4) is 0 Å². The van der Waals surface area contributed by atoms with Gasteiger partial charge in [-0.2, -0.15) is 0 Å². The van der Waals surface area contributed by atoms with Gasteiger partial charge in [0.1, 0.15) is 24.4 Å². The molecule has 1 heterocycles. The van der Waals surface area contributed by atoms with E-state index in [-0.39, 0.29) is 12.5 Å². The third-order valence-electron chi connectivity index (χ3n) is 13.0. The summed E-state index contributed by atoms with van der Waals surface area (Å²) < 4.78 is 11.2. The summed E-state index contributed by atoms with van der Waals surface area (Å²) in [6.07, 6.45) is 48.2. The summed E-state index contributed by atoms with van der Waals surface area (Å²) in [7, 11) is 0. The smallest absolute Gasteiger partial charge is 0.220 e. The van der Waals surface area contributed by atoms with Crippen molar-refractivity contribution < 1.29 is 39.8 Å². The first-order valence-electron chi connectivity index (χ1n) is 27.1. The molecule has 0 aliphatic carbocycles. The van der Waals surface area contributed by atoms with Crippen LogP contribution in [0, 0.1) is 0 Å². The minimum Gasteiger partial charge on any atom is -0.394 e. The van der Waals surface area contributed by atoms with Crippen molar-refractivity contribution in [1.82, 2.24) is 5.32 Å². The summed E-state index contributed by atoms with van der Waals surface area (Å²) in [5.74, 6) is -0.184. The van der Waals surface area contributed by atoms with Gasteiger partial charge in [0, 0.05) is 6.42 Å². The summed E-state index contributed by atoms with van der Waals surface area (Å²) in [6, 6.07) is -0.817. The zero-order valence-electron chi connectivity index (χ0n) is 41.1. The topological polar surface area (TPSA) is 149 Å². The number of hydrogen-bond donors (Lipinski definition) is 6. The lowest BCUT2D eigenvalue weighted by molar-refractivity contribution is -0.302. The lowest BCUT2D eigenvalue weighted by Gasteiger charge is -2.40. The maximum atomic E-state index is 13.0. The Labute approximate surface area is 388 Å². The van der Waals surface area contributed by atoms with Crippen LogP contribution in [0.5, 0.6) is 0 Å². The highest BCUT2D eigenvalue weighted by molar-refractivity contribution is 5.76. The molecule has 0 aromatic rings. The zero-order chi connectivity index (χ0) is 45.9. The zero-order valence-corrected chi connectivity index (χ0v) is 41.1. The molecule has 1 aliphatic heterocycles. The van der Waals surface area contributed by atoms with Crippen LogP contribution in [0.3, 0.4) is 0 Å². The summed E-state index contributed by atoms with van der Waals surface area (Å²) in [6.45, 7) is 3.78. The molecule has 0 saturated carbocycles. The van der Waals surface area contributed by atoms with Crippen LogP contribution < -0.4 is 5.32 Å². The van der Waals surface area contributed by atoms with Crippen LogP contribution in [0.15, 0.2) is 24.3 Å². The number of nitrogens with one attached hydrogen (secondary N) is 1. The Balaban J connectivity index is 2.25. The van der Waals surface area contributed by atoms with E-state index in [1.165, 1.54) is 199 Å². The van der Waals surface area contributed by atoms with E-state index in [0.717, 1.165) is 38.5 Å². The van der Waals surface area contributed by atoms with E-state index < -0.39 is 49.5 Å². The van der Waals surface area contributed by atoms with Crippen LogP contribution in [0.25, 0.3) is 0 Å². The molecule has 63 heavy (non-hydrogen) atoms. The summed E-state index contributed by atoms with van der Waals surface area (Å²) in [4.78, 5) is 13.0. The lowest BCUT2D eigenvalue weighted by atomic mass is 9.99. The number of amides is 1. The van der Waals surface area contributed by atoms with Gasteiger partial charge >= 0.3 is 0 Å². The van der Waals surface area contributed by atoms with Gasteiger partial charge in [0.2, 0.25) is 5.91 Å². The Bertz CT molecular complexity index is 1040. The monoisotopic (exact) mass is 894 g/mol. The summed E-state index contributed by atoms with van der Waals surface area (Å²) in [5.41, 5.74) is 0. The van der Waals surface area contributed by atoms with Gasteiger partial charge in [0.05, 0.1) is 25.4 Å². The molecule has 7 atom stereocenters. The van der Waals surface area contributed by atoms with Crippen LogP contribution in [-0.2, 0) is 14.3 Å². The third kappa shape index (κ3) is 34.6. The maximum Gasteiger partial charge on any atom is 0.220 e.